The highest BCUT2D eigenvalue weighted by Crippen LogP contribution is 2.31. The predicted molar refractivity (Wildman–Crippen MR) is 249 cm³/mol. The molecule has 1 unspecified atom stereocenters. The number of imide groups is 2. The maximum Gasteiger partial charge on any atom is 0.262 e. The van der Waals surface area contributed by atoms with Crippen LogP contribution in [0.5, 0.6) is 5.75 Å². The van der Waals surface area contributed by atoms with Gasteiger partial charge in [-0.3, -0.25) is 34.3 Å². The number of rotatable bonds is 15. The number of carbonyl (C=O) groups excluding carboxylic acids is 4. The predicted octanol–water partition coefficient (Wildman–Crippen LogP) is 6.02. The summed E-state index contributed by atoms with van der Waals surface area (Å²) in [5.74, 6) is 0.0568. The van der Waals surface area contributed by atoms with Gasteiger partial charge in [-0.15, -0.1) is 0 Å². The minimum absolute atomic E-state index is 0.0888. The zero-order valence-electron chi connectivity index (χ0n) is 37.5. The standard InChI is InChI=1S/C48H59N9O7S/c1-31-28-49-43(27-41(31)51-34-7-5-9-38(25-34)65(62,63)54-48(2,3)4)52-33-10-13-37(14-11-33)64-24-23-55-21-18-32(19-22-55)29-56-20-6-8-36(30-56)50-35-12-15-39-40(26-35)47(61)57(46(39)60)42-16-17-44(58)53-45(42)59/h5,7,9-15,25-28,32,36,42,50,54H,6,8,16-24,29-30H2,1-4H3,(H2,49,51,52)(H,53,58,59)/t36-,42?/m0/s1. The first-order valence-electron chi connectivity index (χ1n) is 22.5. The molecule has 3 fully saturated rings. The highest BCUT2D eigenvalue weighted by atomic mass is 32.2. The fourth-order valence-corrected chi connectivity index (χ4v) is 10.5. The van der Waals surface area contributed by atoms with Gasteiger partial charge in [0.2, 0.25) is 21.8 Å². The molecule has 16 nitrogen and oxygen atoms in total. The zero-order valence-corrected chi connectivity index (χ0v) is 38.3. The maximum absolute atomic E-state index is 13.3. The van der Waals surface area contributed by atoms with E-state index in [4.69, 9.17) is 4.74 Å². The number of pyridine rings is 1. The van der Waals surface area contributed by atoms with E-state index in [0.717, 1.165) is 98.2 Å². The van der Waals surface area contributed by atoms with E-state index in [-0.39, 0.29) is 34.9 Å². The molecule has 4 amide bonds. The van der Waals surface area contributed by atoms with Crippen LogP contribution in [0.3, 0.4) is 0 Å². The molecule has 3 saturated heterocycles. The average molecular weight is 906 g/mol. The van der Waals surface area contributed by atoms with Crippen molar-refractivity contribution in [3.8, 4) is 5.75 Å². The number of sulfonamides is 1. The van der Waals surface area contributed by atoms with Crippen LogP contribution in [0, 0.1) is 12.8 Å². The second kappa shape index (κ2) is 19.3. The van der Waals surface area contributed by atoms with Gasteiger partial charge in [0.15, 0.2) is 0 Å². The van der Waals surface area contributed by atoms with Gasteiger partial charge in [-0.05, 0) is 152 Å². The number of hydrogen-bond donors (Lipinski definition) is 5. The van der Waals surface area contributed by atoms with Gasteiger partial charge in [0, 0.05) is 72.6 Å². The number of hydrogen-bond acceptors (Lipinski definition) is 13. The van der Waals surface area contributed by atoms with Crippen LogP contribution < -0.4 is 30.7 Å². The third-order valence-corrected chi connectivity index (χ3v) is 14.1. The molecule has 0 saturated carbocycles. The van der Waals surface area contributed by atoms with E-state index in [1.54, 1.807) is 36.5 Å². The molecule has 5 heterocycles. The van der Waals surface area contributed by atoms with Crippen molar-refractivity contribution in [2.24, 2.45) is 5.92 Å². The van der Waals surface area contributed by atoms with Crippen molar-refractivity contribution in [1.29, 1.82) is 0 Å². The van der Waals surface area contributed by atoms with E-state index < -0.39 is 45.2 Å². The van der Waals surface area contributed by atoms with Gasteiger partial charge in [0.1, 0.15) is 24.2 Å². The first kappa shape index (κ1) is 45.7. The molecular formula is C48H59N9O7S. The lowest BCUT2D eigenvalue weighted by atomic mass is 9.94. The summed E-state index contributed by atoms with van der Waals surface area (Å²) in [4.78, 5) is 61.3. The Morgan fingerprint density at radius 2 is 1.57 bits per heavy atom. The largest absolute Gasteiger partial charge is 0.492 e. The fraction of sp³-hybridized carbons (Fsp3) is 0.438. The van der Waals surface area contributed by atoms with Gasteiger partial charge >= 0.3 is 0 Å². The number of anilines is 5. The molecule has 65 heavy (non-hydrogen) atoms. The van der Waals surface area contributed by atoms with E-state index in [2.05, 4.69) is 40.8 Å². The number of likely N-dealkylation sites (tertiary alicyclic amines) is 2. The Bertz CT molecular complexity index is 2540. The van der Waals surface area contributed by atoms with Crippen LogP contribution in [-0.4, -0.2) is 115 Å². The van der Waals surface area contributed by atoms with Crippen molar-refractivity contribution in [2.75, 3.05) is 61.8 Å². The molecule has 1 aromatic heterocycles. The van der Waals surface area contributed by atoms with E-state index in [1.807, 2.05) is 70.2 Å². The summed E-state index contributed by atoms with van der Waals surface area (Å²) in [5, 5.41) is 12.6. The maximum atomic E-state index is 13.3. The number of fused-ring (bicyclic) bond motifs is 1. The molecule has 0 spiro atoms. The van der Waals surface area contributed by atoms with Crippen LogP contribution in [-0.2, 0) is 19.6 Å². The number of aromatic nitrogens is 1. The monoisotopic (exact) mass is 905 g/mol. The van der Waals surface area contributed by atoms with Crippen molar-refractivity contribution in [2.45, 2.75) is 88.7 Å². The first-order valence-corrected chi connectivity index (χ1v) is 24.0. The van der Waals surface area contributed by atoms with Gasteiger partial charge < -0.3 is 25.6 Å². The Balaban J connectivity index is 0.751. The lowest BCUT2D eigenvalue weighted by Gasteiger charge is -2.38. The first-order chi connectivity index (χ1) is 31.1. The third-order valence-electron chi connectivity index (χ3n) is 12.3. The number of benzene rings is 3. The van der Waals surface area contributed by atoms with E-state index >= 15 is 0 Å². The van der Waals surface area contributed by atoms with Crippen LogP contribution in [0.2, 0.25) is 0 Å². The molecule has 4 aliphatic heterocycles. The molecule has 4 aromatic rings. The van der Waals surface area contributed by atoms with Gasteiger partial charge in [-0.2, -0.15) is 0 Å². The third kappa shape index (κ3) is 11.3. The molecule has 2 atom stereocenters. The Kier molecular flexibility index (Phi) is 13.6. The quantitative estimate of drug-likeness (QED) is 0.0871. The number of ether oxygens (including phenoxy) is 1. The summed E-state index contributed by atoms with van der Waals surface area (Å²) >= 11 is 0. The summed E-state index contributed by atoms with van der Waals surface area (Å²) in [6, 6.07) is 20.9. The van der Waals surface area contributed by atoms with E-state index in [0.29, 0.717) is 24.0 Å². The highest BCUT2D eigenvalue weighted by Gasteiger charge is 2.44. The van der Waals surface area contributed by atoms with Crippen LogP contribution in [0.15, 0.2) is 83.9 Å². The minimum atomic E-state index is -3.68. The van der Waals surface area contributed by atoms with Crippen LogP contribution in [0.1, 0.15) is 85.6 Å². The lowest BCUT2D eigenvalue weighted by molar-refractivity contribution is -0.136. The average Bonchev–Trinajstić information content (AvgIpc) is 3.50. The Morgan fingerprint density at radius 3 is 2.32 bits per heavy atom. The normalized spacial score (nSPS) is 20.1. The molecule has 5 N–H and O–H groups in total. The van der Waals surface area contributed by atoms with E-state index in [1.165, 1.54) is 0 Å². The topological polar surface area (TPSA) is 194 Å². The summed E-state index contributed by atoms with van der Waals surface area (Å²) in [6.07, 6.45) is 6.33. The minimum Gasteiger partial charge on any atom is -0.492 e. The van der Waals surface area contributed by atoms with Crippen molar-refractivity contribution in [3.05, 3.63) is 95.7 Å². The molecule has 0 radical (unpaired) electrons. The number of nitrogens with one attached hydrogen (secondary N) is 5. The molecule has 4 aliphatic rings. The molecule has 344 valence electrons. The number of aryl methyl sites for hydroxylation is 1. The summed E-state index contributed by atoms with van der Waals surface area (Å²) in [5.41, 5.74) is 3.96. The Labute approximate surface area is 380 Å². The zero-order chi connectivity index (χ0) is 45.9. The number of nitrogens with zero attached hydrogens (tertiary/aromatic N) is 4. The molecule has 3 aromatic carbocycles. The molecule has 17 heteroatoms. The van der Waals surface area contributed by atoms with Gasteiger partial charge in [0.05, 0.1) is 16.0 Å². The second-order valence-electron chi connectivity index (χ2n) is 18.6. The molecule has 8 rings (SSSR count). The van der Waals surface area contributed by atoms with Gasteiger partial charge in [-0.1, -0.05) is 6.07 Å². The van der Waals surface area contributed by atoms with Crippen molar-refractivity contribution < 1.29 is 32.3 Å². The van der Waals surface area contributed by atoms with Crippen LogP contribution >= 0.6 is 0 Å². The SMILES string of the molecule is Cc1cnc(Nc2ccc(OCCN3CCC(CN4CCC[C@H](Nc5ccc6c(c5)C(=O)N(C5CCC(=O)NC5=O)C6=O)C4)CC3)cc2)cc1Nc1cccc(S(=O)(=O)NC(C)(C)C)c1. The Morgan fingerprint density at radius 1 is 0.815 bits per heavy atom. The van der Waals surface area contributed by atoms with Crippen molar-refractivity contribution >= 4 is 62.2 Å². The summed E-state index contributed by atoms with van der Waals surface area (Å²) in [6.45, 7) is 13.9. The molecule has 0 aliphatic carbocycles. The van der Waals surface area contributed by atoms with Crippen LogP contribution in [0.25, 0.3) is 0 Å². The van der Waals surface area contributed by atoms with Crippen molar-refractivity contribution in [1.82, 2.24) is 29.7 Å². The highest BCUT2D eigenvalue weighted by molar-refractivity contribution is 7.89. The van der Waals surface area contributed by atoms with E-state index in [9.17, 15) is 27.6 Å². The number of carbonyl (C=O) groups is 4. The smallest absolute Gasteiger partial charge is 0.262 e. The second-order valence-corrected chi connectivity index (χ2v) is 20.3. The summed E-state index contributed by atoms with van der Waals surface area (Å²) in [7, 11) is -3.68. The van der Waals surface area contributed by atoms with Crippen molar-refractivity contribution in [3.63, 3.8) is 0 Å². The fourth-order valence-electron chi connectivity index (χ4n) is 9.05. The Hall–Kier alpha value is -5.88. The van der Waals surface area contributed by atoms with Gasteiger partial charge in [0.25, 0.3) is 11.8 Å². The number of piperidine rings is 3. The van der Waals surface area contributed by atoms with Crippen LogP contribution in [0.4, 0.5) is 28.6 Å². The lowest BCUT2D eigenvalue weighted by Crippen LogP contribution is -2.54. The van der Waals surface area contributed by atoms with Gasteiger partial charge in [-0.25, -0.2) is 18.1 Å². The molecule has 0 bridgehead atoms. The summed E-state index contributed by atoms with van der Waals surface area (Å²) < 4.78 is 34.7. The molecular weight excluding hydrogens is 847 g/mol. The number of amides is 4.